The highest BCUT2D eigenvalue weighted by Gasteiger charge is 2.12. The van der Waals surface area contributed by atoms with Gasteiger partial charge in [-0.1, -0.05) is 46.4 Å². The molecule has 0 aliphatic heterocycles. The Labute approximate surface area is 98.2 Å². The van der Waals surface area contributed by atoms with Crippen LogP contribution in [0.4, 0.5) is 0 Å². The van der Waals surface area contributed by atoms with Crippen LogP contribution in [0.25, 0.3) is 10.2 Å². The molecule has 0 bridgehead atoms. The maximum atomic E-state index is 5.91. The highest BCUT2D eigenvalue weighted by molar-refractivity contribution is 7.22. The maximum absolute atomic E-state index is 5.91. The van der Waals surface area contributed by atoms with Gasteiger partial charge in [-0.25, -0.2) is 4.98 Å². The summed E-state index contributed by atoms with van der Waals surface area (Å²) >= 11 is 24.6. The lowest BCUT2D eigenvalue weighted by Gasteiger charge is -1.98. The van der Waals surface area contributed by atoms with E-state index in [1.807, 2.05) is 0 Å². The molecule has 1 heterocycles. The Bertz CT molecular complexity index is 479. The molecule has 0 radical (unpaired) electrons. The van der Waals surface area contributed by atoms with Gasteiger partial charge in [0.15, 0.2) is 4.47 Å². The van der Waals surface area contributed by atoms with Gasteiger partial charge in [-0.2, -0.15) is 0 Å². The molecule has 1 nitrogen and oxygen atoms in total. The van der Waals surface area contributed by atoms with E-state index in [-0.39, 0.29) is 0 Å². The third-order valence-electron chi connectivity index (χ3n) is 1.50. The summed E-state index contributed by atoms with van der Waals surface area (Å²) in [5.41, 5.74) is 0.603. The second kappa shape index (κ2) is 3.44. The predicted molar refractivity (Wildman–Crippen MR) is 59.7 cm³/mol. The Hall–Kier alpha value is 0.270. The third kappa shape index (κ3) is 1.62. The topological polar surface area (TPSA) is 12.9 Å². The largest absolute Gasteiger partial charge is 0.223 e. The van der Waals surface area contributed by atoms with Gasteiger partial charge < -0.3 is 0 Å². The number of halogens is 4. The van der Waals surface area contributed by atoms with Crippen LogP contribution >= 0.6 is 57.7 Å². The van der Waals surface area contributed by atoms with Crippen molar-refractivity contribution in [2.75, 3.05) is 0 Å². The van der Waals surface area contributed by atoms with Crippen LogP contribution in [0.5, 0.6) is 0 Å². The standard InChI is InChI=1S/C7HCl4NS/c8-2-1-3-6(5(10)4(2)9)12-7(11)13-3/h1H. The molecule has 0 saturated heterocycles. The van der Waals surface area contributed by atoms with Crippen molar-refractivity contribution in [3.05, 3.63) is 25.6 Å². The van der Waals surface area contributed by atoms with Crippen molar-refractivity contribution >= 4 is 68.0 Å². The molecule has 0 amide bonds. The first kappa shape index (κ1) is 9.81. The van der Waals surface area contributed by atoms with Gasteiger partial charge in [0, 0.05) is 0 Å². The summed E-state index contributed by atoms with van der Waals surface area (Å²) in [4.78, 5) is 4.02. The SMILES string of the molecule is Clc1nc2c(Cl)c(Cl)c(Cl)cc2s1. The van der Waals surface area contributed by atoms with Crippen LogP contribution in [0.15, 0.2) is 6.07 Å². The molecule has 0 aliphatic rings. The Kier molecular flexibility index (Phi) is 2.60. The highest BCUT2D eigenvalue weighted by Crippen LogP contribution is 2.39. The van der Waals surface area contributed by atoms with Gasteiger partial charge >= 0.3 is 0 Å². The van der Waals surface area contributed by atoms with Gasteiger partial charge in [-0.3, -0.25) is 0 Å². The number of benzene rings is 1. The third-order valence-corrected chi connectivity index (χ3v) is 3.85. The molecular weight excluding hydrogens is 272 g/mol. The van der Waals surface area contributed by atoms with Crippen molar-refractivity contribution in [2.45, 2.75) is 0 Å². The normalized spacial score (nSPS) is 11.1. The molecule has 0 aliphatic carbocycles. The van der Waals surface area contributed by atoms with E-state index in [1.54, 1.807) is 6.07 Å². The number of hydrogen-bond donors (Lipinski definition) is 0. The summed E-state index contributed by atoms with van der Waals surface area (Å²) in [5, 5.41) is 1.09. The Balaban J connectivity index is 2.92. The summed E-state index contributed by atoms with van der Waals surface area (Å²) in [6, 6.07) is 1.70. The highest BCUT2D eigenvalue weighted by atomic mass is 35.5. The molecule has 6 heteroatoms. The van der Waals surface area contributed by atoms with Crippen molar-refractivity contribution in [2.24, 2.45) is 0 Å². The number of fused-ring (bicyclic) bond motifs is 1. The van der Waals surface area contributed by atoms with Crippen molar-refractivity contribution in [1.29, 1.82) is 0 Å². The summed E-state index contributed by atoms with van der Waals surface area (Å²) < 4.78 is 1.26. The molecule has 0 spiro atoms. The number of hydrogen-bond acceptors (Lipinski definition) is 2. The lowest BCUT2D eigenvalue weighted by Crippen LogP contribution is -1.74. The summed E-state index contributed by atoms with van der Waals surface area (Å²) in [6.07, 6.45) is 0. The molecule has 13 heavy (non-hydrogen) atoms. The van der Waals surface area contributed by atoms with E-state index in [1.165, 1.54) is 11.3 Å². The van der Waals surface area contributed by atoms with Gasteiger partial charge in [0.25, 0.3) is 0 Å². The first-order valence-electron chi connectivity index (χ1n) is 3.19. The Morgan fingerprint density at radius 2 is 1.77 bits per heavy atom. The van der Waals surface area contributed by atoms with Crippen LogP contribution in [-0.2, 0) is 0 Å². The fourth-order valence-electron chi connectivity index (χ4n) is 0.947. The number of rotatable bonds is 0. The van der Waals surface area contributed by atoms with Crippen LogP contribution in [-0.4, -0.2) is 4.98 Å². The summed E-state index contributed by atoms with van der Waals surface area (Å²) in [7, 11) is 0. The fourth-order valence-corrected chi connectivity index (χ4v) is 2.78. The van der Waals surface area contributed by atoms with Gasteiger partial charge in [0.05, 0.1) is 19.8 Å². The molecule has 0 N–H and O–H groups in total. The van der Waals surface area contributed by atoms with Crippen molar-refractivity contribution in [1.82, 2.24) is 4.98 Å². The molecule has 2 rings (SSSR count). The van der Waals surface area contributed by atoms with E-state index >= 15 is 0 Å². The first-order chi connectivity index (χ1) is 6.09. The van der Waals surface area contributed by atoms with E-state index in [4.69, 9.17) is 46.4 Å². The van der Waals surface area contributed by atoms with Gasteiger partial charge in [-0.05, 0) is 6.07 Å². The zero-order chi connectivity index (χ0) is 9.59. The molecule has 0 fully saturated rings. The monoisotopic (exact) mass is 271 g/mol. The molecule has 0 atom stereocenters. The Morgan fingerprint density at radius 3 is 2.46 bits per heavy atom. The number of nitrogens with zero attached hydrogens (tertiary/aromatic N) is 1. The molecular formula is C7HCl4NS. The zero-order valence-corrected chi connectivity index (χ0v) is 9.78. The second-order valence-electron chi connectivity index (χ2n) is 2.30. The number of aromatic nitrogens is 1. The quantitative estimate of drug-likeness (QED) is 0.621. The minimum atomic E-state index is 0.317. The van der Waals surface area contributed by atoms with Crippen LogP contribution in [0.2, 0.25) is 19.5 Å². The minimum absolute atomic E-state index is 0.317. The lowest BCUT2D eigenvalue weighted by molar-refractivity contribution is 1.50. The predicted octanol–water partition coefficient (Wildman–Crippen LogP) is 4.91. The van der Waals surface area contributed by atoms with Crippen molar-refractivity contribution in [3.8, 4) is 0 Å². The zero-order valence-electron chi connectivity index (χ0n) is 5.94. The van der Waals surface area contributed by atoms with Gasteiger partial charge in [0.1, 0.15) is 5.52 Å². The van der Waals surface area contributed by atoms with E-state index in [2.05, 4.69) is 4.98 Å². The average Bonchev–Trinajstić information content (AvgIpc) is 2.42. The van der Waals surface area contributed by atoms with Crippen LogP contribution in [0.1, 0.15) is 0 Å². The fraction of sp³-hybridized carbons (Fsp3) is 0. The molecule has 1 aromatic heterocycles. The van der Waals surface area contributed by atoms with Crippen molar-refractivity contribution in [3.63, 3.8) is 0 Å². The summed E-state index contributed by atoms with van der Waals surface area (Å²) in [5.74, 6) is 0. The van der Waals surface area contributed by atoms with Crippen molar-refractivity contribution < 1.29 is 0 Å². The average molecular weight is 273 g/mol. The lowest BCUT2D eigenvalue weighted by atomic mass is 10.3. The number of thiazole rings is 1. The Morgan fingerprint density at radius 1 is 1.08 bits per heavy atom. The first-order valence-corrected chi connectivity index (χ1v) is 5.52. The summed E-state index contributed by atoms with van der Waals surface area (Å²) in [6.45, 7) is 0. The van der Waals surface area contributed by atoms with E-state index < -0.39 is 0 Å². The maximum Gasteiger partial charge on any atom is 0.184 e. The van der Waals surface area contributed by atoms with Crippen LogP contribution in [0.3, 0.4) is 0 Å². The van der Waals surface area contributed by atoms with Crippen LogP contribution in [0, 0.1) is 0 Å². The van der Waals surface area contributed by atoms with Gasteiger partial charge in [-0.15, -0.1) is 11.3 Å². The van der Waals surface area contributed by atoms with E-state index in [9.17, 15) is 0 Å². The van der Waals surface area contributed by atoms with E-state index in [0.29, 0.717) is 25.1 Å². The smallest absolute Gasteiger partial charge is 0.184 e. The molecule has 0 unspecified atom stereocenters. The van der Waals surface area contributed by atoms with Gasteiger partial charge in [0.2, 0.25) is 0 Å². The second-order valence-corrected chi connectivity index (χ2v) is 5.08. The van der Waals surface area contributed by atoms with Crippen LogP contribution < -0.4 is 0 Å². The molecule has 1 aromatic carbocycles. The molecule has 2 aromatic rings. The minimum Gasteiger partial charge on any atom is -0.223 e. The van der Waals surface area contributed by atoms with E-state index in [0.717, 1.165) is 4.70 Å². The molecule has 68 valence electrons. The molecule has 0 saturated carbocycles.